The van der Waals surface area contributed by atoms with E-state index in [9.17, 15) is 0 Å². The smallest absolute Gasteiger partial charge is 0.191 e. The summed E-state index contributed by atoms with van der Waals surface area (Å²) in [6.45, 7) is 10.6. The Morgan fingerprint density at radius 3 is 2.59 bits per heavy atom. The Bertz CT molecular complexity index is 922. The summed E-state index contributed by atoms with van der Waals surface area (Å²) in [6.07, 6.45) is 4.13. The van der Waals surface area contributed by atoms with Crippen molar-refractivity contribution >= 4 is 17.3 Å². The van der Waals surface area contributed by atoms with Gasteiger partial charge in [-0.2, -0.15) is 5.10 Å². The third-order valence-electron chi connectivity index (χ3n) is 4.73. The first kappa shape index (κ1) is 21.0. The average molecular weight is 411 g/mol. The quantitative estimate of drug-likeness (QED) is 0.335. The highest BCUT2D eigenvalue weighted by molar-refractivity contribution is 7.11. The molecule has 3 rings (SSSR count). The SMILES string of the molecule is CCNC(=NCc1nc(C)c(C)s1)NCCCc1cn(-c2ccccc2)nc1C. The zero-order valence-corrected chi connectivity index (χ0v) is 18.5. The van der Waals surface area contributed by atoms with E-state index >= 15 is 0 Å². The number of rotatable bonds is 8. The molecule has 0 aliphatic heterocycles. The van der Waals surface area contributed by atoms with Gasteiger partial charge in [0, 0.05) is 24.2 Å². The molecule has 0 aliphatic carbocycles. The van der Waals surface area contributed by atoms with Gasteiger partial charge in [0.2, 0.25) is 0 Å². The topological polar surface area (TPSA) is 67.1 Å². The van der Waals surface area contributed by atoms with Crippen molar-refractivity contribution in [2.24, 2.45) is 4.99 Å². The molecule has 2 heterocycles. The lowest BCUT2D eigenvalue weighted by Crippen LogP contribution is -2.37. The molecule has 0 saturated heterocycles. The minimum absolute atomic E-state index is 0.609. The van der Waals surface area contributed by atoms with Crippen LogP contribution in [0.1, 0.15) is 40.2 Å². The molecule has 2 N–H and O–H groups in total. The van der Waals surface area contributed by atoms with E-state index in [4.69, 9.17) is 0 Å². The van der Waals surface area contributed by atoms with E-state index in [2.05, 4.69) is 64.8 Å². The summed E-state index contributed by atoms with van der Waals surface area (Å²) < 4.78 is 1.96. The maximum Gasteiger partial charge on any atom is 0.191 e. The van der Waals surface area contributed by atoms with Crippen LogP contribution in [0, 0.1) is 20.8 Å². The van der Waals surface area contributed by atoms with Crippen LogP contribution in [0.4, 0.5) is 0 Å². The van der Waals surface area contributed by atoms with Gasteiger partial charge in [0.05, 0.1) is 23.6 Å². The fourth-order valence-corrected chi connectivity index (χ4v) is 3.89. The summed E-state index contributed by atoms with van der Waals surface area (Å²) in [5.74, 6) is 0.842. The first-order valence-corrected chi connectivity index (χ1v) is 10.9. The molecule has 0 saturated carbocycles. The van der Waals surface area contributed by atoms with Crippen molar-refractivity contribution in [2.75, 3.05) is 13.1 Å². The summed E-state index contributed by atoms with van der Waals surface area (Å²) in [5, 5.41) is 12.4. The molecule has 154 valence electrons. The summed E-state index contributed by atoms with van der Waals surface area (Å²) >= 11 is 1.72. The molecule has 0 spiro atoms. The molecule has 0 unspecified atom stereocenters. The van der Waals surface area contributed by atoms with Crippen LogP contribution in [0.3, 0.4) is 0 Å². The van der Waals surface area contributed by atoms with Crippen LogP contribution in [0.2, 0.25) is 0 Å². The Morgan fingerprint density at radius 2 is 1.90 bits per heavy atom. The fourth-order valence-electron chi connectivity index (χ4n) is 3.04. The van der Waals surface area contributed by atoms with Crippen molar-refractivity contribution in [2.45, 2.75) is 47.1 Å². The maximum absolute atomic E-state index is 4.67. The second-order valence-corrected chi connectivity index (χ2v) is 8.28. The Hall–Kier alpha value is -2.67. The van der Waals surface area contributed by atoms with Crippen molar-refractivity contribution < 1.29 is 0 Å². The van der Waals surface area contributed by atoms with Crippen LogP contribution in [0.25, 0.3) is 5.69 Å². The van der Waals surface area contributed by atoms with Gasteiger partial charge in [0.1, 0.15) is 5.01 Å². The molecule has 0 atom stereocenters. The number of thiazole rings is 1. The normalized spacial score (nSPS) is 11.7. The number of hydrogen-bond donors (Lipinski definition) is 2. The third-order valence-corrected chi connectivity index (χ3v) is 5.78. The van der Waals surface area contributed by atoms with Crippen LogP contribution >= 0.6 is 11.3 Å². The number of aromatic nitrogens is 3. The molecule has 29 heavy (non-hydrogen) atoms. The second kappa shape index (κ2) is 10.2. The number of benzene rings is 1. The largest absolute Gasteiger partial charge is 0.357 e. The van der Waals surface area contributed by atoms with Gasteiger partial charge >= 0.3 is 0 Å². The second-order valence-electron chi connectivity index (χ2n) is 6.99. The zero-order valence-electron chi connectivity index (χ0n) is 17.7. The van der Waals surface area contributed by atoms with Crippen LogP contribution in [-0.4, -0.2) is 33.8 Å². The molecule has 0 fully saturated rings. The number of para-hydroxylation sites is 1. The standard InChI is InChI=1S/C22H30N6S/c1-5-23-22(25-14-21-26-16(2)18(4)29-21)24-13-9-10-19-15-28(27-17(19)3)20-11-7-6-8-12-20/h6-8,11-12,15H,5,9-10,13-14H2,1-4H3,(H2,23,24,25). The third kappa shape index (κ3) is 5.90. The molecule has 0 radical (unpaired) electrons. The molecule has 7 heteroatoms. The zero-order chi connectivity index (χ0) is 20.6. The van der Waals surface area contributed by atoms with Gasteiger partial charge in [-0.3, -0.25) is 0 Å². The van der Waals surface area contributed by atoms with Gasteiger partial charge in [-0.15, -0.1) is 11.3 Å². The predicted octanol–water partition coefficient (Wildman–Crippen LogP) is 3.94. The molecule has 0 aliphatic rings. The summed E-state index contributed by atoms with van der Waals surface area (Å²) in [6, 6.07) is 10.2. The molecule has 6 nitrogen and oxygen atoms in total. The van der Waals surface area contributed by atoms with Gasteiger partial charge in [-0.05, 0) is 58.2 Å². The van der Waals surface area contributed by atoms with Crippen molar-refractivity contribution in [3.8, 4) is 5.69 Å². The van der Waals surface area contributed by atoms with Crippen LogP contribution in [0.15, 0.2) is 41.5 Å². The minimum atomic E-state index is 0.609. The van der Waals surface area contributed by atoms with E-state index < -0.39 is 0 Å². The van der Waals surface area contributed by atoms with E-state index in [0.29, 0.717) is 6.54 Å². The van der Waals surface area contributed by atoms with Crippen molar-refractivity contribution in [1.29, 1.82) is 0 Å². The molecule has 0 amide bonds. The molecule has 3 aromatic rings. The van der Waals surface area contributed by atoms with E-state index in [-0.39, 0.29) is 0 Å². The van der Waals surface area contributed by atoms with Crippen LogP contribution < -0.4 is 10.6 Å². The van der Waals surface area contributed by atoms with Crippen LogP contribution in [0.5, 0.6) is 0 Å². The molecule has 2 aromatic heterocycles. The highest BCUT2D eigenvalue weighted by Crippen LogP contribution is 2.17. The molecule has 1 aromatic carbocycles. The molecular weight excluding hydrogens is 380 g/mol. The summed E-state index contributed by atoms with van der Waals surface area (Å²) in [7, 11) is 0. The van der Waals surface area contributed by atoms with Gasteiger partial charge in [0.15, 0.2) is 5.96 Å². The first-order chi connectivity index (χ1) is 14.1. The fraction of sp³-hybridized carbons (Fsp3) is 0.409. The maximum atomic E-state index is 4.67. The highest BCUT2D eigenvalue weighted by atomic mass is 32.1. The van der Waals surface area contributed by atoms with E-state index in [1.807, 2.05) is 29.8 Å². The number of aliphatic imine (C=N–C) groups is 1. The Balaban J connectivity index is 1.51. The van der Waals surface area contributed by atoms with Gasteiger partial charge in [0.25, 0.3) is 0 Å². The lowest BCUT2D eigenvalue weighted by atomic mass is 10.1. The number of nitrogens with one attached hydrogen (secondary N) is 2. The van der Waals surface area contributed by atoms with E-state index in [1.165, 1.54) is 10.4 Å². The highest BCUT2D eigenvalue weighted by Gasteiger charge is 2.07. The monoisotopic (exact) mass is 410 g/mol. The number of guanidine groups is 1. The number of aryl methyl sites for hydroxylation is 4. The Labute approximate surface area is 177 Å². The molecular formula is C22H30N6S. The number of hydrogen-bond acceptors (Lipinski definition) is 4. The summed E-state index contributed by atoms with van der Waals surface area (Å²) in [5.41, 5.74) is 4.56. The summed E-state index contributed by atoms with van der Waals surface area (Å²) in [4.78, 5) is 10.5. The van der Waals surface area contributed by atoms with Crippen LogP contribution in [-0.2, 0) is 13.0 Å². The van der Waals surface area contributed by atoms with E-state index in [1.54, 1.807) is 11.3 Å². The Morgan fingerprint density at radius 1 is 1.10 bits per heavy atom. The van der Waals surface area contributed by atoms with E-state index in [0.717, 1.165) is 54.0 Å². The van der Waals surface area contributed by atoms with Crippen molar-refractivity contribution in [3.63, 3.8) is 0 Å². The minimum Gasteiger partial charge on any atom is -0.357 e. The lowest BCUT2D eigenvalue weighted by molar-refractivity contribution is 0.741. The molecule has 0 bridgehead atoms. The average Bonchev–Trinajstić information content (AvgIpc) is 3.25. The number of nitrogens with zero attached hydrogens (tertiary/aromatic N) is 4. The lowest BCUT2D eigenvalue weighted by Gasteiger charge is -2.10. The van der Waals surface area contributed by atoms with Gasteiger partial charge in [-0.1, -0.05) is 18.2 Å². The first-order valence-electron chi connectivity index (χ1n) is 10.1. The Kier molecular flexibility index (Phi) is 7.41. The predicted molar refractivity (Wildman–Crippen MR) is 121 cm³/mol. The van der Waals surface area contributed by atoms with Crippen molar-refractivity contribution in [1.82, 2.24) is 25.4 Å². The van der Waals surface area contributed by atoms with Gasteiger partial charge < -0.3 is 10.6 Å². The van der Waals surface area contributed by atoms with Gasteiger partial charge in [-0.25, -0.2) is 14.7 Å². The van der Waals surface area contributed by atoms with Crippen molar-refractivity contribution in [3.05, 3.63) is 63.4 Å².